The third-order valence-corrected chi connectivity index (χ3v) is 2.67. The van der Waals surface area contributed by atoms with Crippen LogP contribution in [0, 0.1) is 10.1 Å². The minimum Gasteiger partial charge on any atom is -0.480 e. The normalized spacial score (nSPS) is 10.3. The van der Waals surface area contributed by atoms with Crippen LogP contribution >= 0.6 is 0 Å². The number of esters is 1. The van der Waals surface area contributed by atoms with Gasteiger partial charge in [-0.1, -0.05) is 0 Å². The highest BCUT2D eigenvalue weighted by Crippen LogP contribution is 2.12. The van der Waals surface area contributed by atoms with Crippen LogP contribution in [0.5, 0.6) is 0 Å². The number of carbonyl (C=O) groups is 3. The number of carbonyl (C=O) groups excluding carboxylic acids is 1. The molecule has 0 spiro atoms. The monoisotopic (exact) mass is 326 g/mol. The number of hydrogen-bond acceptors (Lipinski definition) is 7. The SMILES string of the molecule is O=C(O)CN(CCOC(=O)c1ccc([N+](=O)[O-])cc1)CC(=O)O. The number of ether oxygens (including phenoxy) is 1. The Morgan fingerprint density at radius 1 is 1.09 bits per heavy atom. The van der Waals surface area contributed by atoms with E-state index < -0.39 is 35.9 Å². The molecule has 0 bridgehead atoms. The molecule has 0 aromatic heterocycles. The van der Waals surface area contributed by atoms with E-state index in [1.165, 1.54) is 12.1 Å². The molecule has 10 heteroatoms. The van der Waals surface area contributed by atoms with E-state index in [4.69, 9.17) is 14.9 Å². The number of nitrogens with zero attached hydrogens (tertiary/aromatic N) is 2. The maximum absolute atomic E-state index is 11.7. The van der Waals surface area contributed by atoms with Crippen LogP contribution in [0.25, 0.3) is 0 Å². The molecule has 0 aliphatic heterocycles. The second-order valence-electron chi connectivity index (χ2n) is 4.44. The van der Waals surface area contributed by atoms with Gasteiger partial charge in [-0.2, -0.15) is 0 Å². The Balaban J connectivity index is 2.52. The third-order valence-electron chi connectivity index (χ3n) is 2.67. The molecule has 0 aliphatic carbocycles. The summed E-state index contributed by atoms with van der Waals surface area (Å²) in [5.41, 5.74) is -0.0748. The molecular formula is C13H14N2O8. The fraction of sp³-hybridized carbons (Fsp3) is 0.308. The van der Waals surface area contributed by atoms with Crippen molar-refractivity contribution < 1.29 is 34.3 Å². The highest BCUT2D eigenvalue weighted by atomic mass is 16.6. The lowest BCUT2D eigenvalue weighted by Crippen LogP contribution is -2.37. The zero-order valence-corrected chi connectivity index (χ0v) is 11.9. The zero-order valence-electron chi connectivity index (χ0n) is 11.9. The second kappa shape index (κ2) is 8.44. The van der Waals surface area contributed by atoms with Crippen molar-refractivity contribution in [3.05, 3.63) is 39.9 Å². The van der Waals surface area contributed by atoms with E-state index in [1.807, 2.05) is 0 Å². The molecular weight excluding hydrogens is 312 g/mol. The number of carboxylic acids is 2. The number of carboxylic acid groups (broad SMARTS) is 2. The number of non-ortho nitro benzene ring substituents is 1. The lowest BCUT2D eigenvalue weighted by molar-refractivity contribution is -0.384. The minimum absolute atomic E-state index is 0.0721. The van der Waals surface area contributed by atoms with Crippen molar-refractivity contribution >= 4 is 23.6 Å². The van der Waals surface area contributed by atoms with Gasteiger partial charge >= 0.3 is 17.9 Å². The molecule has 0 saturated carbocycles. The predicted molar refractivity (Wildman–Crippen MR) is 75.1 cm³/mol. The Morgan fingerprint density at radius 2 is 1.61 bits per heavy atom. The fourth-order valence-electron chi connectivity index (χ4n) is 1.67. The number of hydrogen-bond donors (Lipinski definition) is 2. The Kier molecular flexibility index (Phi) is 6.62. The van der Waals surface area contributed by atoms with Gasteiger partial charge in [-0.05, 0) is 12.1 Å². The van der Waals surface area contributed by atoms with Crippen molar-refractivity contribution in [3.8, 4) is 0 Å². The first-order chi connectivity index (χ1) is 10.8. The number of benzene rings is 1. The van der Waals surface area contributed by atoms with Crippen molar-refractivity contribution in [1.82, 2.24) is 4.90 Å². The Morgan fingerprint density at radius 3 is 2.04 bits per heavy atom. The van der Waals surface area contributed by atoms with E-state index in [9.17, 15) is 24.5 Å². The minimum atomic E-state index is -1.20. The van der Waals surface area contributed by atoms with Gasteiger partial charge in [-0.15, -0.1) is 0 Å². The van der Waals surface area contributed by atoms with Crippen LogP contribution in [-0.4, -0.2) is 64.2 Å². The molecule has 1 aromatic rings. The van der Waals surface area contributed by atoms with Crippen LogP contribution in [0.15, 0.2) is 24.3 Å². The molecule has 0 unspecified atom stereocenters. The van der Waals surface area contributed by atoms with Gasteiger partial charge in [0.15, 0.2) is 0 Å². The molecule has 0 radical (unpaired) electrons. The summed E-state index contributed by atoms with van der Waals surface area (Å²) in [6.45, 7) is -1.28. The number of nitro benzene ring substituents is 1. The van der Waals surface area contributed by atoms with Crippen molar-refractivity contribution in [2.45, 2.75) is 0 Å². The fourth-order valence-corrected chi connectivity index (χ4v) is 1.67. The van der Waals surface area contributed by atoms with Crippen LogP contribution in [0.4, 0.5) is 5.69 Å². The quantitative estimate of drug-likeness (QED) is 0.369. The smallest absolute Gasteiger partial charge is 0.338 e. The molecule has 0 atom stereocenters. The average Bonchev–Trinajstić information content (AvgIpc) is 2.45. The highest BCUT2D eigenvalue weighted by Gasteiger charge is 2.15. The van der Waals surface area contributed by atoms with Gasteiger partial charge in [0.1, 0.15) is 6.61 Å². The van der Waals surface area contributed by atoms with Crippen molar-refractivity contribution in [3.63, 3.8) is 0 Å². The zero-order chi connectivity index (χ0) is 17.4. The van der Waals surface area contributed by atoms with E-state index in [2.05, 4.69) is 0 Å². The molecule has 23 heavy (non-hydrogen) atoms. The van der Waals surface area contributed by atoms with Crippen molar-refractivity contribution in [2.24, 2.45) is 0 Å². The van der Waals surface area contributed by atoms with E-state index in [1.54, 1.807) is 0 Å². The molecule has 0 heterocycles. The van der Waals surface area contributed by atoms with E-state index in [0.29, 0.717) is 0 Å². The lowest BCUT2D eigenvalue weighted by atomic mass is 10.2. The Bertz CT molecular complexity index is 582. The number of rotatable bonds is 9. The molecule has 0 amide bonds. The summed E-state index contributed by atoms with van der Waals surface area (Å²) >= 11 is 0. The third kappa shape index (κ3) is 6.52. The van der Waals surface area contributed by atoms with Gasteiger partial charge in [-0.25, -0.2) is 4.79 Å². The molecule has 1 aromatic carbocycles. The van der Waals surface area contributed by atoms with E-state index in [-0.39, 0.29) is 24.4 Å². The molecule has 1 rings (SSSR count). The summed E-state index contributed by atoms with van der Waals surface area (Å²) < 4.78 is 4.89. The topological polar surface area (TPSA) is 147 Å². The van der Waals surface area contributed by atoms with Gasteiger partial charge in [0.25, 0.3) is 5.69 Å². The molecule has 0 fully saturated rings. The number of aliphatic carboxylic acids is 2. The summed E-state index contributed by atoms with van der Waals surface area (Å²) in [5, 5.41) is 27.8. The standard InChI is InChI=1S/C13H14N2O8/c16-11(17)7-14(8-12(18)19)5-6-23-13(20)9-1-3-10(4-2-9)15(21)22/h1-4H,5-8H2,(H,16,17)(H,18,19). The van der Waals surface area contributed by atoms with E-state index >= 15 is 0 Å². The van der Waals surface area contributed by atoms with Crippen LogP contribution < -0.4 is 0 Å². The Labute approximate surface area is 130 Å². The van der Waals surface area contributed by atoms with Gasteiger partial charge in [-0.3, -0.25) is 24.6 Å². The van der Waals surface area contributed by atoms with E-state index in [0.717, 1.165) is 17.0 Å². The van der Waals surface area contributed by atoms with Gasteiger partial charge < -0.3 is 14.9 Å². The lowest BCUT2D eigenvalue weighted by Gasteiger charge is -2.17. The molecule has 124 valence electrons. The summed E-state index contributed by atoms with van der Waals surface area (Å²) in [4.78, 5) is 43.9. The average molecular weight is 326 g/mol. The van der Waals surface area contributed by atoms with Gasteiger partial charge in [0.2, 0.25) is 0 Å². The second-order valence-corrected chi connectivity index (χ2v) is 4.44. The van der Waals surface area contributed by atoms with Gasteiger partial charge in [0.05, 0.1) is 23.6 Å². The van der Waals surface area contributed by atoms with Crippen molar-refractivity contribution in [2.75, 3.05) is 26.2 Å². The summed E-state index contributed by atoms with van der Waals surface area (Å²) in [7, 11) is 0. The molecule has 2 N–H and O–H groups in total. The molecule has 0 aliphatic rings. The van der Waals surface area contributed by atoms with Crippen LogP contribution in [-0.2, 0) is 14.3 Å². The van der Waals surface area contributed by atoms with Crippen LogP contribution in [0.3, 0.4) is 0 Å². The van der Waals surface area contributed by atoms with Crippen molar-refractivity contribution in [1.29, 1.82) is 0 Å². The molecule has 0 saturated heterocycles. The maximum atomic E-state index is 11.7. The number of nitro groups is 1. The summed E-state index contributed by atoms with van der Waals surface area (Å²) in [5.74, 6) is -3.15. The van der Waals surface area contributed by atoms with Gasteiger partial charge in [0, 0.05) is 18.7 Å². The maximum Gasteiger partial charge on any atom is 0.338 e. The largest absolute Gasteiger partial charge is 0.480 e. The first-order valence-electron chi connectivity index (χ1n) is 6.37. The first kappa shape index (κ1) is 18.0. The van der Waals surface area contributed by atoms with Crippen LogP contribution in [0.2, 0.25) is 0 Å². The molecule has 10 nitrogen and oxygen atoms in total. The summed E-state index contributed by atoms with van der Waals surface area (Å²) in [6.07, 6.45) is 0. The predicted octanol–water partition coefficient (Wildman–Crippen LogP) is 0.223. The van der Waals surface area contributed by atoms with Crippen LogP contribution in [0.1, 0.15) is 10.4 Å². The summed E-state index contributed by atoms with van der Waals surface area (Å²) in [6, 6.07) is 4.76. The Hall–Kier alpha value is -3.01. The highest BCUT2D eigenvalue weighted by molar-refractivity contribution is 5.89. The first-order valence-corrected chi connectivity index (χ1v) is 6.37.